The molecule has 178 valence electrons. The number of nitrogens with zero attached hydrogens (tertiary/aromatic N) is 3. The Kier molecular flexibility index (Phi) is 7.27. The third kappa shape index (κ3) is 5.63. The van der Waals surface area contributed by atoms with Crippen molar-refractivity contribution in [3.05, 3.63) is 71.1 Å². The van der Waals surface area contributed by atoms with Gasteiger partial charge < -0.3 is 19.4 Å². The fourth-order valence-corrected chi connectivity index (χ4v) is 3.82. The summed E-state index contributed by atoms with van der Waals surface area (Å²) in [7, 11) is 0. The van der Waals surface area contributed by atoms with Gasteiger partial charge in [0.25, 0.3) is 0 Å². The molecule has 4 rings (SSSR count). The van der Waals surface area contributed by atoms with Crippen molar-refractivity contribution in [3.63, 3.8) is 0 Å². The summed E-state index contributed by atoms with van der Waals surface area (Å²) in [5.41, 5.74) is 4.19. The summed E-state index contributed by atoms with van der Waals surface area (Å²) >= 11 is 0. The number of carbonyl (C=O) groups excluding carboxylic acids is 2. The standard InChI is InChI=1S/C26H30N4O4/c1-4-33-25(31)21-9-11-22(12-10-21)27-26(32)30-15-13-29(14-16-30)17-23-19(3)34-24(28-23)20-7-5-18(2)6-8-20/h5-12H,4,13-17H2,1-3H3,(H,27,32). The first-order valence-electron chi connectivity index (χ1n) is 11.5. The number of carbonyl (C=O) groups is 2. The third-order valence-corrected chi connectivity index (χ3v) is 5.87. The van der Waals surface area contributed by atoms with Gasteiger partial charge >= 0.3 is 12.0 Å². The van der Waals surface area contributed by atoms with E-state index >= 15 is 0 Å². The van der Waals surface area contributed by atoms with Gasteiger partial charge in [-0.25, -0.2) is 14.6 Å². The molecule has 0 aliphatic carbocycles. The van der Waals surface area contributed by atoms with E-state index < -0.39 is 0 Å². The van der Waals surface area contributed by atoms with E-state index in [1.807, 2.05) is 31.2 Å². The van der Waals surface area contributed by atoms with E-state index in [1.54, 1.807) is 36.1 Å². The lowest BCUT2D eigenvalue weighted by Gasteiger charge is -2.34. The highest BCUT2D eigenvalue weighted by molar-refractivity contribution is 5.92. The monoisotopic (exact) mass is 462 g/mol. The van der Waals surface area contributed by atoms with Crippen LogP contribution in [0.15, 0.2) is 52.9 Å². The molecule has 0 saturated carbocycles. The highest BCUT2D eigenvalue weighted by atomic mass is 16.5. The minimum atomic E-state index is -0.371. The molecule has 34 heavy (non-hydrogen) atoms. The molecule has 1 N–H and O–H groups in total. The summed E-state index contributed by atoms with van der Waals surface area (Å²) < 4.78 is 10.9. The van der Waals surface area contributed by atoms with Crippen molar-refractivity contribution < 1.29 is 18.7 Å². The molecule has 0 atom stereocenters. The van der Waals surface area contributed by atoms with Crippen LogP contribution in [0.5, 0.6) is 0 Å². The van der Waals surface area contributed by atoms with E-state index in [0.717, 1.165) is 30.1 Å². The molecule has 1 aromatic heterocycles. The van der Waals surface area contributed by atoms with E-state index in [9.17, 15) is 9.59 Å². The lowest BCUT2D eigenvalue weighted by molar-refractivity contribution is 0.0526. The minimum Gasteiger partial charge on any atom is -0.462 e. The number of amides is 2. The lowest BCUT2D eigenvalue weighted by Crippen LogP contribution is -2.49. The number of aromatic nitrogens is 1. The van der Waals surface area contributed by atoms with Crippen LogP contribution in [0.25, 0.3) is 11.5 Å². The van der Waals surface area contributed by atoms with Crippen molar-refractivity contribution in [1.82, 2.24) is 14.8 Å². The Balaban J connectivity index is 1.28. The fraction of sp³-hybridized carbons (Fsp3) is 0.346. The summed E-state index contributed by atoms with van der Waals surface area (Å²) in [6.07, 6.45) is 0. The Hall–Kier alpha value is -3.65. The molecule has 0 unspecified atom stereocenters. The number of ether oxygens (including phenoxy) is 1. The first-order valence-corrected chi connectivity index (χ1v) is 11.5. The summed E-state index contributed by atoms with van der Waals surface area (Å²) in [5.74, 6) is 1.09. The minimum absolute atomic E-state index is 0.150. The average Bonchev–Trinajstić information content (AvgIpc) is 3.20. The van der Waals surface area contributed by atoms with Crippen LogP contribution in [0.1, 0.15) is 34.3 Å². The second-order valence-electron chi connectivity index (χ2n) is 8.38. The van der Waals surface area contributed by atoms with Gasteiger partial charge in [0.15, 0.2) is 0 Å². The Morgan fingerprint density at radius 1 is 1.00 bits per heavy atom. The number of piperazine rings is 1. The van der Waals surface area contributed by atoms with Crippen LogP contribution in [0.3, 0.4) is 0 Å². The molecule has 2 amide bonds. The number of benzene rings is 2. The molecule has 8 nitrogen and oxygen atoms in total. The van der Waals surface area contributed by atoms with Crippen LogP contribution >= 0.6 is 0 Å². The van der Waals surface area contributed by atoms with Crippen LogP contribution in [0.4, 0.5) is 10.5 Å². The first-order chi connectivity index (χ1) is 16.4. The fourth-order valence-electron chi connectivity index (χ4n) is 3.82. The Morgan fingerprint density at radius 3 is 2.32 bits per heavy atom. The number of oxazole rings is 1. The quantitative estimate of drug-likeness (QED) is 0.543. The maximum Gasteiger partial charge on any atom is 0.338 e. The number of urea groups is 1. The number of anilines is 1. The number of esters is 1. The Morgan fingerprint density at radius 2 is 1.68 bits per heavy atom. The van der Waals surface area contributed by atoms with Crippen LogP contribution in [-0.2, 0) is 11.3 Å². The summed E-state index contributed by atoms with van der Waals surface area (Å²) in [6, 6.07) is 14.7. The summed E-state index contributed by atoms with van der Waals surface area (Å²) in [5, 5.41) is 2.90. The predicted octanol–water partition coefficient (Wildman–Crippen LogP) is 4.48. The van der Waals surface area contributed by atoms with Crippen molar-refractivity contribution in [2.75, 3.05) is 38.1 Å². The molecule has 1 aliphatic heterocycles. The van der Waals surface area contributed by atoms with Crippen LogP contribution in [-0.4, -0.2) is 59.6 Å². The molecule has 0 spiro atoms. The third-order valence-electron chi connectivity index (χ3n) is 5.87. The second kappa shape index (κ2) is 10.5. The van der Waals surface area contributed by atoms with Gasteiger partial charge in [0.1, 0.15) is 5.76 Å². The van der Waals surface area contributed by atoms with E-state index in [1.165, 1.54) is 5.56 Å². The van der Waals surface area contributed by atoms with Crippen LogP contribution in [0.2, 0.25) is 0 Å². The van der Waals surface area contributed by atoms with E-state index in [-0.39, 0.29) is 12.0 Å². The predicted molar refractivity (Wildman–Crippen MR) is 130 cm³/mol. The number of aryl methyl sites for hydroxylation is 2. The zero-order chi connectivity index (χ0) is 24.1. The molecule has 3 aromatic rings. The summed E-state index contributed by atoms with van der Waals surface area (Å²) in [6.45, 7) is 9.52. The van der Waals surface area contributed by atoms with E-state index in [0.29, 0.717) is 43.4 Å². The van der Waals surface area contributed by atoms with Gasteiger partial charge in [-0.3, -0.25) is 4.90 Å². The van der Waals surface area contributed by atoms with Crippen LogP contribution in [0, 0.1) is 13.8 Å². The second-order valence-corrected chi connectivity index (χ2v) is 8.38. The van der Waals surface area contributed by atoms with E-state index in [4.69, 9.17) is 14.1 Å². The molecule has 0 radical (unpaired) electrons. The maximum absolute atomic E-state index is 12.7. The molecule has 1 fully saturated rings. The van der Waals surface area contributed by atoms with Crippen molar-refractivity contribution >= 4 is 17.7 Å². The molecule has 0 bridgehead atoms. The number of nitrogens with one attached hydrogen (secondary N) is 1. The van der Waals surface area contributed by atoms with Gasteiger partial charge in [0.2, 0.25) is 5.89 Å². The first kappa shape index (κ1) is 23.5. The number of hydrogen-bond donors (Lipinski definition) is 1. The molecule has 2 heterocycles. The van der Waals surface area contributed by atoms with Crippen molar-refractivity contribution in [2.24, 2.45) is 0 Å². The average molecular weight is 463 g/mol. The molecule has 2 aromatic carbocycles. The van der Waals surface area contributed by atoms with Gasteiger partial charge in [0.05, 0.1) is 17.9 Å². The molecule has 8 heteroatoms. The van der Waals surface area contributed by atoms with Gasteiger partial charge in [-0.05, 0) is 57.2 Å². The van der Waals surface area contributed by atoms with Gasteiger partial charge in [0, 0.05) is 44.0 Å². The topological polar surface area (TPSA) is 87.9 Å². The van der Waals surface area contributed by atoms with Crippen molar-refractivity contribution in [2.45, 2.75) is 27.3 Å². The highest BCUT2D eigenvalue weighted by Gasteiger charge is 2.23. The van der Waals surface area contributed by atoms with E-state index in [2.05, 4.69) is 17.1 Å². The number of hydrogen-bond acceptors (Lipinski definition) is 6. The zero-order valence-corrected chi connectivity index (χ0v) is 19.8. The normalized spacial score (nSPS) is 14.1. The molecular formula is C26H30N4O4. The largest absolute Gasteiger partial charge is 0.462 e. The molecule has 1 aliphatic rings. The van der Waals surface area contributed by atoms with Gasteiger partial charge in [-0.2, -0.15) is 0 Å². The maximum atomic E-state index is 12.7. The lowest BCUT2D eigenvalue weighted by atomic mass is 10.1. The number of rotatable bonds is 6. The highest BCUT2D eigenvalue weighted by Crippen LogP contribution is 2.23. The Labute approximate surface area is 199 Å². The van der Waals surface area contributed by atoms with Gasteiger partial charge in [-0.15, -0.1) is 0 Å². The Bertz CT molecular complexity index is 1130. The molecule has 1 saturated heterocycles. The smallest absolute Gasteiger partial charge is 0.338 e. The molecular weight excluding hydrogens is 432 g/mol. The SMILES string of the molecule is CCOC(=O)c1ccc(NC(=O)N2CCN(Cc3nc(-c4ccc(C)cc4)oc3C)CC2)cc1. The van der Waals surface area contributed by atoms with Gasteiger partial charge in [-0.1, -0.05) is 17.7 Å². The summed E-state index contributed by atoms with van der Waals surface area (Å²) in [4.78, 5) is 33.2. The van der Waals surface area contributed by atoms with Crippen LogP contribution < -0.4 is 5.32 Å². The van der Waals surface area contributed by atoms with Crippen molar-refractivity contribution in [1.29, 1.82) is 0 Å². The zero-order valence-electron chi connectivity index (χ0n) is 19.8. The van der Waals surface area contributed by atoms with Crippen molar-refractivity contribution in [3.8, 4) is 11.5 Å².